The zero-order valence-corrected chi connectivity index (χ0v) is 10.0. The fourth-order valence-electron chi connectivity index (χ4n) is 1.63. The van der Waals surface area contributed by atoms with Gasteiger partial charge in [0.25, 0.3) is 5.91 Å². The highest BCUT2D eigenvalue weighted by Crippen LogP contribution is 2.12. The quantitative estimate of drug-likeness (QED) is 0.777. The number of amides is 1. The summed E-state index contributed by atoms with van der Waals surface area (Å²) in [6, 6.07) is 4.84. The summed E-state index contributed by atoms with van der Waals surface area (Å²) in [4.78, 5) is 30.8. The van der Waals surface area contributed by atoms with E-state index < -0.39 is 5.91 Å². The average molecular weight is 256 g/mol. The number of primary amides is 1. The van der Waals surface area contributed by atoms with Crippen molar-refractivity contribution in [3.8, 4) is 0 Å². The number of ketones is 1. The molecule has 0 aliphatic heterocycles. The molecule has 0 aromatic carbocycles. The topological polar surface area (TPSA) is 112 Å². The van der Waals surface area contributed by atoms with Crippen LogP contribution in [-0.2, 0) is 6.42 Å². The van der Waals surface area contributed by atoms with Gasteiger partial charge < -0.3 is 11.5 Å². The van der Waals surface area contributed by atoms with Gasteiger partial charge in [-0.15, -0.1) is 0 Å². The third-order valence-corrected chi connectivity index (χ3v) is 2.59. The predicted octanol–water partition coefficient (Wildman–Crippen LogP) is 0.583. The van der Waals surface area contributed by atoms with Gasteiger partial charge >= 0.3 is 0 Å². The molecule has 0 aliphatic carbocycles. The summed E-state index contributed by atoms with van der Waals surface area (Å²) >= 11 is 0. The predicted molar refractivity (Wildman–Crippen MR) is 69.4 cm³/mol. The van der Waals surface area contributed by atoms with Crippen molar-refractivity contribution in [2.24, 2.45) is 5.73 Å². The Labute approximate surface area is 109 Å². The maximum atomic E-state index is 12.0. The molecule has 2 aromatic rings. The van der Waals surface area contributed by atoms with Crippen molar-refractivity contribution in [2.75, 3.05) is 5.73 Å². The van der Waals surface area contributed by atoms with E-state index in [1.807, 2.05) is 0 Å². The molecule has 2 aromatic heterocycles. The molecule has 6 heteroatoms. The maximum Gasteiger partial charge on any atom is 0.252 e. The molecule has 0 spiro atoms. The summed E-state index contributed by atoms with van der Waals surface area (Å²) in [6.45, 7) is 0. The van der Waals surface area contributed by atoms with Gasteiger partial charge in [-0.2, -0.15) is 0 Å². The molecule has 1 amide bonds. The zero-order chi connectivity index (χ0) is 13.8. The number of hydrogen-bond acceptors (Lipinski definition) is 5. The Kier molecular flexibility index (Phi) is 3.51. The number of hydrogen-bond donors (Lipinski definition) is 2. The summed E-state index contributed by atoms with van der Waals surface area (Å²) in [7, 11) is 0. The van der Waals surface area contributed by atoms with Crippen molar-refractivity contribution in [2.45, 2.75) is 6.42 Å². The number of anilines is 1. The lowest BCUT2D eigenvalue weighted by Gasteiger charge is -2.04. The molecule has 4 N–H and O–H groups in total. The molecule has 0 unspecified atom stereocenters. The number of nitrogen functional groups attached to an aromatic ring is 1. The molecule has 0 saturated carbocycles. The molecule has 19 heavy (non-hydrogen) atoms. The van der Waals surface area contributed by atoms with E-state index in [1.165, 1.54) is 18.5 Å². The number of carbonyl (C=O) groups excluding carboxylic acids is 2. The maximum absolute atomic E-state index is 12.0. The second-order valence-electron chi connectivity index (χ2n) is 3.98. The van der Waals surface area contributed by atoms with E-state index in [1.54, 1.807) is 18.3 Å². The molecular weight excluding hydrogens is 244 g/mol. The zero-order valence-electron chi connectivity index (χ0n) is 10.0. The highest BCUT2D eigenvalue weighted by molar-refractivity contribution is 5.99. The van der Waals surface area contributed by atoms with Crippen LogP contribution in [0, 0.1) is 0 Å². The fraction of sp³-hybridized carbons (Fsp3) is 0.0769. The lowest BCUT2D eigenvalue weighted by Crippen LogP contribution is -2.15. The summed E-state index contributed by atoms with van der Waals surface area (Å²) < 4.78 is 0. The van der Waals surface area contributed by atoms with Gasteiger partial charge in [-0.25, -0.2) is 4.98 Å². The Hall–Kier alpha value is -2.76. The summed E-state index contributed by atoms with van der Waals surface area (Å²) in [5, 5.41) is 0. The normalized spacial score (nSPS) is 10.1. The second-order valence-corrected chi connectivity index (χ2v) is 3.98. The SMILES string of the molecule is NC(=O)c1cc(CC(=O)c2cccnc2)cnc1N. The van der Waals surface area contributed by atoms with Crippen molar-refractivity contribution in [3.63, 3.8) is 0 Å². The Balaban J connectivity index is 2.23. The van der Waals surface area contributed by atoms with Crippen LogP contribution < -0.4 is 11.5 Å². The van der Waals surface area contributed by atoms with E-state index in [9.17, 15) is 9.59 Å². The first-order valence-corrected chi connectivity index (χ1v) is 5.55. The van der Waals surface area contributed by atoms with Crippen LogP contribution in [0.1, 0.15) is 26.3 Å². The molecule has 0 atom stereocenters. The van der Waals surface area contributed by atoms with Gasteiger partial charge in [-0.05, 0) is 23.8 Å². The van der Waals surface area contributed by atoms with Gasteiger partial charge in [-0.1, -0.05) is 0 Å². The number of carbonyl (C=O) groups is 2. The standard InChI is InChI=1S/C13H12N4O2/c14-12-10(13(15)19)4-8(6-17-12)5-11(18)9-2-1-3-16-7-9/h1-4,6-7H,5H2,(H2,14,17)(H2,15,19). The van der Waals surface area contributed by atoms with Gasteiger partial charge in [0.15, 0.2) is 5.78 Å². The van der Waals surface area contributed by atoms with E-state index in [0.29, 0.717) is 11.1 Å². The number of aromatic nitrogens is 2. The summed E-state index contributed by atoms with van der Waals surface area (Å²) in [5.41, 5.74) is 11.9. The molecule has 6 nitrogen and oxygen atoms in total. The average Bonchev–Trinajstić information content (AvgIpc) is 2.41. The van der Waals surface area contributed by atoms with Crippen LogP contribution in [-0.4, -0.2) is 21.7 Å². The van der Waals surface area contributed by atoms with E-state index in [2.05, 4.69) is 9.97 Å². The number of rotatable bonds is 4. The molecule has 0 radical (unpaired) electrons. The van der Waals surface area contributed by atoms with Crippen molar-refractivity contribution in [3.05, 3.63) is 53.5 Å². The molecular formula is C13H12N4O2. The van der Waals surface area contributed by atoms with Crippen LogP contribution >= 0.6 is 0 Å². The molecule has 0 fully saturated rings. The number of Topliss-reactive ketones (excluding diaryl/α,β-unsaturated/α-hetero) is 1. The number of nitrogens with zero attached hydrogens (tertiary/aromatic N) is 2. The minimum atomic E-state index is -0.666. The van der Waals surface area contributed by atoms with Gasteiger partial charge in [-0.3, -0.25) is 14.6 Å². The van der Waals surface area contributed by atoms with E-state index in [-0.39, 0.29) is 23.6 Å². The van der Waals surface area contributed by atoms with Crippen molar-refractivity contribution in [1.29, 1.82) is 0 Å². The number of nitrogens with two attached hydrogens (primary N) is 2. The van der Waals surface area contributed by atoms with Gasteiger partial charge in [0.05, 0.1) is 5.56 Å². The Morgan fingerprint density at radius 3 is 2.68 bits per heavy atom. The third kappa shape index (κ3) is 2.92. The lowest BCUT2D eigenvalue weighted by atomic mass is 10.0. The Bertz CT molecular complexity index is 626. The molecule has 0 bridgehead atoms. The van der Waals surface area contributed by atoms with Crippen molar-refractivity contribution in [1.82, 2.24) is 9.97 Å². The van der Waals surface area contributed by atoms with Crippen LogP contribution in [0.15, 0.2) is 36.8 Å². The van der Waals surface area contributed by atoms with Gasteiger partial charge in [0.2, 0.25) is 0 Å². The molecule has 2 rings (SSSR count). The third-order valence-electron chi connectivity index (χ3n) is 2.59. The smallest absolute Gasteiger partial charge is 0.252 e. The summed E-state index contributed by atoms with van der Waals surface area (Å²) in [5.74, 6) is -0.721. The highest BCUT2D eigenvalue weighted by Gasteiger charge is 2.11. The van der Waals surface area contributed by atoms with Crippen molar-refractivity contribution < 1.29 is 9.59 Å². The van der Waals surface area contributed by atoms with Gasteiger partial charge in [0, 0.05) is 30.6 Å². The summed E-state index contributed by atoms with van der Waals surface area (Å²) in [6.07, 6.45) is 4.64. The van der Waals surface area contributed by atoms with E-state index in [0.717, 1.165) is 0 Å². The first-order chi connectivity index (χ1) is 9.08. The van der Waals surface area contributed by atoms with Crippen LogP contribution in [0.3, 0.4) is 0 Å². The minimum absolute atomic E-state index is 0.0603. The highest BCUT2D eigenvalue weighted by atomic mass is 16.1. The molecule has 0 aliphatic rings. The molecule has 96 valence electrons. The first-order valence-electron chi connectivity index (χ1n) is 5.55. The Morgan fingerprint density at radius 2 is 2.05 bits per heavy atom. The molecule has 2 heterocycles. The monoisotopic (exact) mass is 256 g/mol. The Morgan fingerprint density at radius 1 is 1.26 bits per heavy atom. The lowest BCUT2D eigenvalue weighted by molar-refractivity contribution is 0.0984. The molecule has 0 saturated heterocycles. The van der Waals surface area contributed by atoms with Crippen LogP contribution in [0.25, 0.3) is 0 Å². The van der Waals surface area contributed by atoms with Crippen molar-refractivity contribution >= 4 is 17.5 Å². The van der Waals surface area contributed by atoms with E-state index in [4.69, 9.17) is 11.5 Å². The van der Waals surface area contributed by atoms with Crippen LogP contribution in [0.5, 0.6) is 0 Å². The second kappa shape index (κ2) is 5.26. The first kappa shape index (κ1) is 12.7. The minimum Gasteiger partial charge on any atom is -0.383 e. The number of pyridine rings is 2. The van der Waals surface area contributed by atoms with Crippen LogP contribution in [0.2, 0.25) is 0 Å². The van der Waals surface area contributed by atoms with Gasteiger partial charge in [0.1, 0.15) is 5.82 Å². The van der Waals surface area contributed by atoms with E-state index >= 15 is 0 Å². The fourth-order valence-corrected chi connectivity index (χ4v) is 1.63. The van der Waals surface area contributed by atoms with Crippen LogP contribution in [0.4, 0.5) is 5.82 Å². The largest absolute Gasteiger partial charge is 0.383 e.